The summed E-state index contributed by atoms with van der Waals surface area (Å²) in [5.74, 6) is 8.95. The number of unbranched alkanes of at least 4 members (excludes halogenated alkanes) is 2. The van der Waals surface area contributed by atoms with Gasteiger partial charge < -0.3 is 43.2 Å². The molecule has 6 aromatic rings. The molecule has 2 amide bonds. The lowest BCUT2D eigenvalue weighted by molar-refractivity contribution is -0.124. The first-order valence-electron chi connectivity index (χ1n) is 31.7. The molecule has 3 aliphatic heterocycles. The third kappa shape index (κ3) is 17.5. The molecule has 472 valence electrons. The van der Waals surface area contributed by atoms with Gasteiger partial charge in [-0.2, -0.15) is 0 Å². The molecule has 2 atom stereocenters. The molecule has 3 aliphatic rings. The lowest BCUT2D eigenvalue weighted by atomic mass is 9.95. The first-order valence-corrected chi connectivity index (χ1v) is 34.1. The van der Waals surface area contributed by atoms with Crippen molar-refractivity contribution < 1.29 is 38.0 Å². The maximum absolute atomic E-state index is 15.2. The van der Waals surface area contributed by atoms with Crippen LogP contribution < -0.4 is 9.47 Å². The number of halogens is 1. The number of carbonyl (C=O) groups excluding carboxylic acids is 2. The lowest BCUT2D eigenvalue weighted by Crippen LogP contribution is -2.34. The number of thiophene rings is 2. The Kier molecular flexibility index (Phi) is 25.3. The Bertz CT molecular complexity index is 3700. The van der Waals surface area contributed by atoms with Crippen molar-refractivity contribution in [1.29, 1.82) is 0 Å². The minimum absolute atomic E-state index is 0.0829. The van der Waals surface area contributed by atoms with E-state index in [9.17, 15) is 0 Å². The van der Waals surface area contributed by atoms with Gasteiger partial charge >= 0.3 is 0 Å². The molecule has 3 aromatic heterocycles. The van der Waals surface area contributed by atoms with Gasteiger partial charge in [-0.1, -0.05) is 127 Å². The Morgan fingerprint density at radius 2 is 1.16 bits per heavy atom. The topological polar surface area (TPSA) is 124 Å². The summed E-state index contributed by atoms with van der Waals surface area (Å²) in [6.07, 6.45) is 18.7. The molecule has 0 fully saturated rings. The first-order chi connectivity index (χ1) is 43.9. The number of hydrogen-bond acceptors (Lipinski definition) is 11. The number of H-pyrrole nitrogens is 1. The number of allylic oxidation sites excluding steroid dienone is 3. The molecule has 3 aromatic carbocycles. The molecule has 0 bridgehead atoms. The summed E-state index contributed by atoms with van der Waals surface area (Å²) in [4.78, 5) is 45.9. The number of aromatic amines is 1. The number of carbonyl (C=O) groups is 2. The average Bonchev–Trinajstić information content (AvgIpc) is 1.56. The van der Waals surface area contributed by atoms with Crippen LogP contribution in [0.15, 0.2) is 146 Å². The summed E-state index contributed by atoms with van der Waals surface area (Å²) in [6.45, 7) is 18.3. The van der Waals surface area contributed by atoms with Crippen molar-refractivity contribution in [3.8, 4) is 23.3 Å². The second-order valence-corrected chi connectivity index (χ2v) is 26.3. The molecule has 0 aliphatic carbocycles. The fourth-order valence-corrected chi connectivity index (χ4v) is 13.7. The zero-order chi connectivity index (χ0) is 63.4. The van der Waals surface area contributed by atoms with Crippen LogP contribution in [-0.2, 0) is 28.5 Å². The second-order valence-electron chi connectivity index (χ2n) is 22.8. The highest BCUT2D eigenvalue weighted by Crippen LogP contribution is 2.50. The molecular weight excluding hydrogens is 1230 g/mol. The molecule has 6 heterocycles. The van der Waals surface area contributed by atoms with Gasteiger partial charge in [0.1, 0.15) is 24.7 Å². The van der Waals surface area contributed by atoms with Crippen molar-refractivity contribution in [3.05, 3.63) is 195 Å². The van der Waals surface area contributed by atoms with E-state index in [0.29, 0.717) is 88.9 Å². The van der Waals surface area contributed by atoms with Crippen LogP contribution in [0, 0.1) is 30.6 Å². The SMILES string of the molecule is CCCCC(CC)CN1C(=O)C2=C(c3ccc(C#Cc4ccc(/C(=C5N=C(/C=C/c6ccc(OCCOCCOC)cc6)C=C/5C)c5[nH]c(/C=C/c6ccc(OCCOCCOC)cc6)cc5C)cc4)s3)N(CC(CC)CCCC)C(=O)C2=C1c1ccc(Br)s1. The minimum Gasteiger partial charge on any atom is -0.491 e. The molecule has 9 rings (SSSR count). The predicted octanol–water partition coefficient (Wildman–Crippen LogP) is 17.0. The van der Waals surface area contributed by atoms with Gasteiger partial charge in [-0.05, 0) is 167 Å². The third-order valence-corrected chi connectivity index (χ3v) is 19.0. The van der Waals surface area contributed by atoms with Gasteiger partial charge in [-0.15, -0.1) is 22.7 Å². The van der Waals surface area contributed by atoms with Crippen molar-refractivity contribution in [2.75, 3.05) is 80.2 Å². The van der Waals surface area contributed by atoms with Crippen LogP contribution in [0.1, 0.15) is 140 Å². The lowest BCUT2D eigenvalue weighted by Gasteiger charge is -2.29. The van der Waals surface area contributed by atoms with E-state index in [4.69, 9.17) is 33.4 Å². The number of methoxy groups -OCH3 is 2. The Morgan fingerprint density at radius 1 is 0.622 bits per heavy atom. The van der Waals surface area contributed by atoms with E-state index in [2.05, 4.69) is 141 Å². The van der Waals surface area contributed by atoms with Crippen molar-refractivity contribution in [2.45, 2.75) is 92.9 Å². The number of rotatable bonds is 34. The van der Waals surface area contributed by atoms with E-state index in [1.807, 2.05) is 76.5 Å². The van der Waals surface area contributed by atoms with Crippen LogP contribution in [-0.4, -0.2) is 112 Å². The molecule has 15 heteroatoms. The molecule has 2 unspecified atom stereocenters. The fourth-order valence-electron chi connectivity index (χ4n) is 11.3. The summed E-state index contributed by atoms with van der Waals surface area (Å²) in [7, 11) is 3.32. The number of ether oxygens (including phenoxy) is 6. The molecular formula is C75H85BrN4O8S2. The Morgan fingerprint density at radius 3 is 1.68 bits per heavy atom. The number of aliphatic imine (C=N–C) groups is 1. The van der Waals surface area contributed by atoms with Crippen molar-refractivity contribution in [3.63, 3.8) is 0 Å². The number of amides is 2. The molecule has 0 radical (unpaired) electrons. The zero-order valence-electron chi connectivity index (χ0n) is 53.4. The molecule has 1 N–H and O–H groups in total. The van der Waals surface area contributed by atoms with Crippen LogP contribution in [0.2, 0.25) is 0 Å². The fraction of sp³-hybridized carbons (Fsp3) is 0.373. The maximum atomic E-state index is 15.2. The number of fused-ring (bicyclic) bond motifs is 1. The van der Waals surface area contributed by atoms with E-state index in [-0.39, 0.29) is 11.8 Å². The zero-order valence-corrected chi connectivity index (χ0v) is 56.6. The molecule has 0 saturated carbocycles. The summed E-state index contributed by atoms with van der Waals surface area (Å²) in [5.41, 5.74) is 13.2. The van der Waals surface area contributed by atoms with E-state index in [1.54, 1.807) is 36.9 Å². The smallest absolute Gasteiger partial charge is 0.261 e. The molecule has 0 spiro atoms. The average molecular weight is 1310 g/mol. The van der Waals surface area contributed by atoms with Gasteiger partial charge in [-0.25, -0.2) is 4.99 Å². The van der Waals surface area contributed by atoms with Crippen LogP contribution in [0.3, 0.4) is 0 Å². The van der Waals surface area contributed by atoms with Crippen LogP contribution in [0.4, 0.5) is 0 Å². The van der Waals surface area contributed by atoms with E-state index in [1.165, 1.54) is 0 Å². The highest BCUT2D eigenvalue weighted by Gasteiger charge is 2.50. The van der Waals surface area contributed by atoms with Gasteiger partial charge in [0, 0.05) is 44.1 Å². The Hall–Kier alpha value is -7.13. The van der Waals surface area contributed by atoms with Gasteiger partial charge in [0.2, 0.25) is 0 Å². The summed E-state index contributed by atoms with van der Waals surface area (Å²) in [6, 6.07) is 34.7. The predicted molar refractivity (Wildman–Crippen MR) is 373 cm³/mol. The number of aryl methyl sites for hydroxylation is 1. The number of nitrogens with one attached hydrogen (secondary N) is 1. The van der Waals surface area contributed by atoms with Gasteiger partial charge in [-0.3, -0.25) is 9.59 Å². The van der Waals surface area contributed by atoms with Gasteiger partial charge in [0.25, 0.3) is 11.8 Å². The summed E-state index contributed by atoms with van der Waals surface area (Å²) >= 11 is 6.80. The minimum atomic E-state index is -0.0829. The van der Waals surface area contributed by atoms with E-state index in [0.717, 1.165) is 154 Å². The monoisotopic (exact) mass is 1310 g/mol. The van der Waals surface area contributed by atoms with Gasteiger partial charge in [0.05, 0.1) is 97.7 Å². The highest BCUT2D eigenvalue weighted by atomic mass is 79.9. The number of nitrogens with zero attached hydrogens (tertiary/aromatic N) is 3. The largest absolute Gasteiger partial charge is 0.491 e. The molecule has 12 nitrogen and oxygen atoms in total. The summed E-state index contributed by atoms with van der Waals surface area (Å²) < 4.78 is 34.0. The van der Waals surface area contributed by atoms with Gasteiger partial charge in [0.15, 0.2) is 0 Å². The van der Waals surface area contributed by atoms with Crippen molar-refractivity contribution >= 4 is 91.3 Å². The van der Waals surface area contributed by atoms with Crippen molar-refractivity contribution in [1.82, 2.24) is 14.8 Å². The maximum Gasteiger partial charge on any atom is 0.261 e. The standard InChI is InChI=1S/C75H85BrN4O8S2/c1-9-13-15-53(11-3)49-79-72(68-69(75(79)82)73(65-37-38-66(76)90-65)80(74(68)81)50-54(12-4)16-14-10-2)64-36-35-63(89-64)34-25-55-17-26-58(27-18-55)67(70-51(5)47-59(77-70)28-19-56-21-30-61(31-22-56)87-45-43-85-41-39-83-7)71-52(6)48-60(78-71)29-20-57-23-32-62(33-24-57)88-46-44-86-42-40-84-8/h17-24,26-33,35-38,47-48,53-54,77H,9-16,39-46,49-50H2,1-8H3/b28-19+,29-20+,71-67-. The number of aromatic nitrogens is 1. The first kappa shape index (κ1) is 67.3. The third-order valence-electron chi connectivity index (χ3n) is 16.3. The van der Waals surface area contributed by atoms with Crippen LogP contribution >= 0.6 is 38.6 Å². The van der Waals surface area contributed by atoms with Crippen LogP contribution in [0.25, 0.3) is 35.2 Å². The Labute approximate surface area is 549 Å². The summed E-state index contributed by atoms with van der Waals surface area (Å²) in [5, 5.41) is 0. The Balaban J connectivity index is 1.01. The van der Waals surface area contributed by atoms with E-state index >= 15 is 9.59 Å². The second kappa shape index (κ2) is 33.8. The van der Waals surface area contributed by atoms with E-state index < -0.39 is 0 Å². The highest BCUT2D eigenvalue weighted by molar-refractivity contribution is 9.11. The molecule has 90 heavy (non-hydrogen) atoms. The number of benzene rings is 3. The molecule has 0 saturated heterocycles. The number of hydrogen-bond donors (Lipinski definition) is 1. The van der Waals surface area contributed by atoms with Crippen LogP contribution in [0.5, 0.6) is 11.5 Å². The quantitative estimate of drug-likeness (QED) is 0.0313. The normalized spacial score (nSPS) is 15.4. The van der Waals surface area contributed by atoms with Crippen molar-refractivity contribution in [2.24, 2.45) is 16.8 Å².